The largest absolute Gasteiger partial charge is 0.451 e. The highest BCUT2D eigenvalue weighted by Crippen LogP contribution is 2.49. The minimum atomic E-state index is -4.57. The Morgan fingerprint density at radius 1 is 1.20 bits per heavy atom. The first kappa shape index (κ1) is 13.5. The summed E-state index contributed by atoms with van der Waals surface area (Å²) in [5.41, 5.74) is 5.42. The van der Waals surface area contributed by atoms with Gasteiger partial charge in [-0.25, -0.2) is 9.97 Å². The number of nitrogen functional groups attached to an aromatic ring is 1. The van der Waals surface area contributed by atoms with E-state index in [9.17, 15) is 13.2 Å². The van der Waals surface area contributed by atoms with E-state index in [1.54, 1.807) is 0 Å². The number of alkyl halides is 3. The lowest BCUT2D eigenvalue weighted by atomic mass is 9.98. The van der Waals surface area contributed by atoms with E-state index >= 15 is 0 Å². The Balaban J connectivity index is 1.68. The quantitative estimate of drug-likeness (QED) is 0.873. The fourth-order valence-corrected chi connectivity index (χ4v) is 2.67. The SMILES string of the molecule is Nc1cc(NCC(C2CC2)C2CC2)nc(C(F)(F)F)n1. The Labute approximate surface area is 115 Å². The zero-order chi connectivity index (χ0) is 14.3. The van der Waals surface area contributed by atoms with E-state index in [0.29, 0.717) is 12.5 Å². The minimum Gasteiger partial charge on any atom is -0.384 e. The lowest BCUT2D eigenvalue weighted by molar-refractivity contribution is -0.144. The molecule has 1 aromatic heterocycles. The predicted octanol–water partition coefficient (Wildman–Crippen LogP) is 2.93. The van der Waals surface area contributed by atoms with E-state index in [2.05, 4.69) is 15.3 Å². The van der Waals surface area contributed by atoms with Crippen LogP contribution in [0.5, 0.6) is 0 Å². The molecule has 2 fully saturated rings. The Morgan fingerprint density at radius 3 is 2.30 bits per heavy atom. The predicted molar refractivity (Wildman–Crippen MR) is 68.9 cm³/mol. The van der Waals surface area contributed by atoms with Gasteiger partial charge in [0.25, 0.3) is 0 Å². The van der Waals surface area contributed by atoms with Gasteiger partial charge in [-0.2, -0.15) is 13.2 Å². The molecule has 20 heavy (non-hydrogen) atoms. The van der Waals surface area contributed by atoms with Gasteiger partial charge in [-0.15, -0.1) is 0 Å². The summed E-state index contributed by atoms with van der Waals surface area (Å²) in [6.45, 7) is 0.670. The number of nitrogens with two attached hydrogens (primary N) is 1. The van der Waals surface area contributed by atoms with Gasteiger partial charge in [0.2, 0.25) is 5.82 Å². The second kappa shape index (κ2) is 4.79. The second-order valence-corrected chi connectivity index (χ2v) is 5.72. The van der Waals surface area contributed by atoms with Crippen LogP contribution in [0.1, 0.15) is 31.5 Å². The molecule has 0 atom stereocenters. The van der Waals surface area contributed by atoms with Gasteiger partial charge in [0, 0.05) is 12.6 Å². The highest BCUT2D eigenvalue weighted by Gasteiger charge is 2.41. The van der Waals surface area contributed by atoms with Crippen LogP contribution in [-0.2, 0) is 6.18 Å². The van der Waals surface area contributed by atoms with Crippen molar-refractivity contribution in [2.75, 3.05) is 17.6 Å². The lowest BCUT2D eigenvalue weighted by Crippen LogP contribution is -2.20. The van der Waals surface area contributed by atoms with E-state index in [1.165, 1.54) is 31.7 Å². The summed E-state index contributed by atoms with van der Waals surface area (Å²) in [5.74, 6) is 0.836. The van der Waals surface area contributed by atoms with Crippen molar-refractivity contribution in [1.82, 2.24) is 9.97 Å². The van der Waals surface area contributed by atoms with Crippen molar-refractivity contribution in [1.29, 1.82) is 0 Å². The van der Waals surface area contributed by atoms with E-state index in [1.807, 2.05) is 0 Å². The molecule has 2 aliphatic rings. The summed E-state index contributed by atoms with van der Waals surface area (Å²) in [6, 6.07) is 1.35. The highest BCUT2D eigenvalue weighted by atomic mass is 19.4. The van der Waals surface area contributed by atoms with Gasteiger partial charge in [-0.3, -0.25) is 0 Å². The Kier molecular flexibility index (Phi) is 3.22. The average molecular weight is 286 g/mol. The maximum Gasteiger partial charge on any atom is 0.451 e. The van der Waals surface area contributed by atoms with Crippen LogP contribution in [0.4, 0.5) is 24.8 Å². The van der Waals surface area contributed by atoms with E-state index in [-0.39, 0.29) is 11.6 Å². The summed E-state index contributed by atoms with van der Waals surface area (Å²) in [5, 5.41) is 3.01. The number of halogens is 3. The van der Waals surface area contributed by atoms with Gasteiger partial charge < -0.3 is 11.1 Å². The highest BCUT2D eigenvalue weighted by molar-refractivity contribution is 5.45. The van der Waals surface area contributed by atoms with Crippen LogP contribution in [-0.4, -0.2) is 16.5 Å². The van der Waals surface area contributed by atoms with Crippen molar-refractivity contribution in [3.63, 3.8) is 0 Å². The maximum absolute atomic E-state index is 12.6. The third-order valence-corrected chi connectivity index (χ3v) is 3.97. The van der Waals surface area contributed by atoms with Crippen LogP contribution in [0, 0.1) is 17.8 Å². The van der Waals surface area contributed by atoms with Gasteiger partial charge in [0.05, 0.1) is 0 Å². The number of nitrogens with one attached hydrogen (secondary N) is 1. The molecule has 0 aromatic carbocycles. The van der Waals surface area contributed by atoms with Crippen LogP contribution in [0.2, 0.25) is 0 Å². The molecule has 0 saturated heterocycles. The van der Waals surface area contributed by atoms with Crippen LogP contribution >= 0.6 is 0 Å². The molecular weight excluding hydrogens is 269 g/mol. The minimum absolute atomic E-state index is 0.163. The zero-order valence-corrected chi connectivity index (χ0v) is 11.0. The van der Waals surface area contributed by atoms with Gasteiger partial charge in [-0.1, -0.05) is 0 Å². The van der Waals surface area contributed by atoms with Gasteiger partial charge >= 0.3 is 6.18 Å². The Morgan fingerprint density at radius 2 is 1.80 bits per heavy atom. The summed E-state index contributed by atoms with van der Waals surface area (Å²) >= 11 is 0. The number of nitrogens with zero attached hydrogens (tertiary/aromatic N) is 2. The average Bonchev–Trinajstić information content (AvgIpc) is 3.22. The molecule has 0 aliphatic heterocycles. The molecular formula is C13H17F3N4. The fraction of sp³-hybridized carbons (Fsp3) is 0.692. The van der Waals surface area contributed by atoms with Crippen molar-refractivity contribution in [2.24, 2.45) is 17.8 Å². The summed E-state index contributed by atoms with van der Waals surface area (Å²) in [7, 11) is 0. The molecule has 1 heterocycles. The normalized spacial score (nSPS) is 19.4. The molecule has 0 spiro atoms. The van der Waals surface area contributed by atoms with Crippen molar-refractivity contribution in [2.45, 2.75) is 31.9 Å². The molecule has 2 aliphatic carbocycles. The molecule has 7 heteroatoms. The molecule has 0 bridgehead atoms. The van der Waals surface area contributed by atoms with Gasteiger partial charge in [-0.05, 0) is 43.4 Å². The van der Waals surface area contributed by atoms with Crippen LogP contribution in [0.25, 0.3) is 0 Å². The molecule has 1 aromatic rings. The molecule has 0 amide bonds. The molecule has 4 nitrogen and oxygen atoms in total. The van der Waals surface area contributed by atoms with Crippen LogP contribution in [0.3, 0.4) is 0 Å². The van der Waals surface area contributed by atoms with Crippen molar-refractivity contribution in [3.8, 4) is 0 Å². The number of hydrogen-bond donors (Lipinski definition) is 2. The van der Waals surface area contributed by atoms with Crippen molar-refractivity contribution >= 4 is 11.6 Å². The number of aromatic nitrogens is 2. The van der Waals surface area contributed by atoms with Crippen LogP contribution in [0.15, 0.2) is 6.07 Å². The maximum atomic E-state index is 12.6. The second-order valence-electron chi connectivity index (χ2n) is 5.72. The van der Waals surface area contributed by atoms with E-state index < -0.39 is 12.0 Å². The molecule has 0 unspecified atom stereocenters. The lowest BCUT2D eigenvalue weighted by Gasteiger charge is -2.17. The number of rotatable bonds is 5. The smallest absolute Gasteiger partial charge is 0.384 e. The van der Waals surface area contributed by atoms with Gasteiger partial charge in [0.1, 0.15) is 11.6 Å². The zero-order valence-electron chi connectivity index (χ0n) is 11.0. The van der Waals surface area contributed by atoms with E-state index in [0.717, 1.165) is 11.8 Å². The van der Waals surface area contributed by atoms with Gasteiger partial charge in [0.15, 0.2) is 0 Å². The third kappa shape index (κ3) is 3.13. The first-order valence-electron chi connectivity index (χ1n) is 6.89. The first-order valence-corrected chi connectivity index (χ1v) is 6.89. The monoisotopic (exact) mass is 286 g/mol. The Bertz CT molecular complexity index is 483. The number of anilines is 2. The molecule has 0 radical (unpaired) electrons. The van der Waals surface area contributed by atoms with Crippen molar-refractivity contribution < 1.29 is 13.2 Å². The fourth-order valence-electron chi connectivity index (χ4n) is 2.67. The molecule has 3 N–H and O–H groups in total. The van der Waals surface area contributed by atoms with E-state index in [4.69, 9.17) is 5.73 Å². The number of hydrogen-bond acceptors (Lipinski definition) is 4. The molecule has 3 rings (SSSR count). The standard InChI is InChI=1S/C13H17F3N4/c14-13(15,16)12-19-10(17)5-11(20-12)18-6-9(7-1-2-7)8-3-4-8/h5,7-9H,1-4,6H2,(H3,17,18,19,20). The summed E-state index contributed by atoms with van der Waals surface area (Å²) in [4.78, 5) is 6.74. The molecule has 110 valence electrons. The topological polar surface area (TPSA) is 63.8 Å². The Hall–Kier alpha value is -1.53. The van der Waals surface area contributed by atoms with Crippen LogP contribution < -0.4 is 11.1 Å². The third-order valence-electron chi connectivity index (χ3n) is 3.97. The van der Waals surface area contributed by atoms with Crippen molar-refractivity contribution in [3.05, 3.63) is 11.9 Å². The molecule has 2 saturated carbocycles. The first-order chi connectivity index (χ1) is 9.43. The summed E-state index contributed by atoms with van der Waals surface area (Å²) in [6.07, 6.45) is 0.383. The summed E-state index contributed by atoms with van der Waals surface area (Å²) < 4.78 is 37.8.